The highest BCUT2D eigenvalue weighted by Crippen LogP contribution is 2.34. The smallest absolute Gasteiger partial charge is 0.0377 e. The third-order valence-electron chi connectivity index (χ3n) is 5.50. The molecule has 142 valence electrons. The number of hydrogen-bond acceptors (Lipinski definition) is 1. The molecule has 0 aliphatic carbocycles. The summed E-state index contributed by atoms with van der Waals surface area (Å²) in [6.07, 6.45) is 0. The van der Waals surface area contributed by atoms with Gasteiger partial charge in [-0.3, -0.25) is 4.90 Å². The van der Waals surface area contributed by atoms with Gasteiger partial charge in [0, 0.05) is 12.6 Å². The lowest BCUT2D eigenvalue weighted by Gasteiger charge is -2.33. The van der Waals surface area contributed by atoms with Crippen LogP contribution in [0.3, 0.4) is 0 Å². The van der Waals surface area contributed by atoms with Gasteiger partial charge in [-0.1, -0.05) is 101 Å². The van der Waals surface area contributed by atoms with Crippen molar-refractivity contribution in [2.24, 2.45) is 5.92 Å². The molecule has 0 amide bonds. The molecule has 0 saturated carbocycles. The normalized spacial score (nSPS) is 13.5. The Bertz CT molecular complexity index is 879. The Labute approximate surface area is 165 Å². The van der Waals surface area contributed by atoms with Crippen LogP contribution in [0.15, 0.2) is 66.7 Å². The lowest BCUT2D eigenvalue weighted by Crippen LogP contribution is -2.28. The first-order valence-electron chi connectivity index (χ1n) is 10.0. The maximum Gasteiger partial charge on any atom is 0.0377 e. The molecule has 27 heavy (non-hydrogen) atoms. The highest BCUT2D eigenvalue weighted by atomic mass is 15.1. The minimum absolute atomic E-state index is 0.202. The molecule has 1 nitrogen and oxygen atoms in total. The van der Waals surface area contributed by atoms with Crippen molar-refractivity contribution < 1.29 is 0 Å². The third kappa shape index (κ3) is 4.42. The maximum atomic E-state index is 2.50. The first kappa shape index (κ1) is 19.6. The van der Waals surface area contributed by atoms with Gasteiger partial charge in [0.05, 0.1) is 0 Å². The molecule has 0 aliphatic heterocycles. The lowest BCUT2D eigenvalue weighted by molar-refractivity contribution is 0.187. The van der Waals surface area contributed by atoms with E-state index < -0.39 is 0 Å². The minimum Gasteiger partial charge on any atom is -0.295 e. The van der Waals surface area contributed by atoms with Crippen LogP contribution in [0.5, 0.6) is 0 Å². The van der Waals surface area contributed by atoms with E-state index in [0.717, 1.165) is 6.54 Å². The SMILES string of the molecule is CC(C)C(c1cccc2ccccc12)N(C)Cc1ccc(C(C)(C)C)cc1. The summed E-state index contributed by atoms with van der Waals surface area (Å²) >= 11 is 0. The van der Waals surface area contributed by atoms with Gasteiger partial charge in [0.1, 0.15) is 0 Å². The van der Waals surface area contributed by atoms with Crippen molar-refractivity contribution in [3.63, 3.8) is 0 Å². The van der Waals surface area contributed by atoms with Crippen molar-refractivity contribution in [1.82, 2.24) is 4.90 Å². The zero-order valence-corrected chi connectivity index (χ0v) is 17.7. The van der Waals surface area contributed by atoms with E-state index in [0.29, 0.717) is 12.0 Å². The molecule has 0 saturated heterocycles. The maximum absolute atomic E-state index is 2.50. The Hall–Kier alpha value is -2.12. The Kier molecular flexibility index (Phi) is 5.72. The summed E-state index contributed by atoms with van der Waals surface area (Å²) < 4.78 is 0. The predicted molar refractivity (Wildman–Crippen MR) is 118 cm³/mol. The third-order valence-corrected chi connectivity index (χ3v) is 5.50. The average Bonchev–Trinajstić information content (AvgIpc) is 2.61. The Morgan fingerprint density at radius 1 is 0.815 bits per heavy atom. The Morgan fingerprint density at radius 3 is 2.07 bits per heavy atom. The molecule has 0 aliphatic rings. The molecule has 3 aromatic rings. The van der Waals surface area contributed by atoms with E-state index in [-0.39, 0.29) is 5.41 Å². The molecule has 1 atom stereocenters. The van der Waals surface area contributed by atoms with E-state index >= 15 is 0 Å². The molecule has 0 heterocycles. The van der Waals surface area contributed by atoms with Crippen LogP contribution in [0.25, 0.3) is 10.8 Å². The van der Waals surface area contributed by atoms with Gasteiger partial charge in [0.2, 0.25) is 0 Å². The van der Waals surface area contributed by atoms with E-state index in [1.165, 1.54) is 27.5 Å². The van der Waals surface area contributed by atoms with Crippen LogP contribution in [0.1, 0.15) is 57.4 Å². The summed E-state index contributed by atoms with van der Waals surface area (Å²) in [7, 11) is 2.25. The van der Waals surface area contributed by atoms with Crippen LogP contribution in [-0.4, -0.2) is 11.9 Å². The van der Waals surface area contributed by atoms with Crippen molar-refractivity contribution in [3.05, 3.63) is 83.4 Å². The zero-order valence-electron chi connectivity index (χ0n) is 17.7. The molecule has 0 fully saturated rings. The van der Waals surface area contributed by atoms with Gasteiger partial charge in [0.25, 0.3) is 0 Å². The van der Waals surface area contributed by atoms with E-state index in [9.17, 15) is 0 Å². The van der Waals surface area contributed by atoms with Gasteiger partial charge in [0.15, 0.2) is 0 Å². The Morgan fingerprint density at radius 2 is 1.44 bits per heavy atom. The zero-order chi connectivity index (χ0) is 19.6. The molecule has 0 bridgehead atoms. The molecule has 3 aromatic carbocycles. The summed E-state index contributed by atoms with van der Waals surface area (Å²) in [4.78, 5) is 2.50. The van der Waals surface area contributed by atoms with Gasteiger partial charge >= 0.3 is 0 Å². The highest BCUT2D eigenvalue weighted by Gasteiger charge is 2.23. The van der Waals surface area contributed by atoms with E-state index in [1.807, 2.05) is 0 Å². The summed E-state index contributed by atoms with van der Waals surface area (Å²) in [5, 5.41) is 2.69. The monoisotopic (exact) mass is 359 g/mol. The fourth-order valence-electron chi connectivity index (χ4n) is 4.11. The van der Waals surface area contributed by atoms with E-state index in [4.69, 9.17) is 0 Å². The fraction of sp³-hybridized carbons (Fsp3) is 0.385. The highest BCUT2D eigenvalue weighted by molar-refractivity contribution is 5.86. The summed E-state index contributed by atoms with van der Waals surface area (Å²) in [6, 6.07) is 25.0. The molecule has 3 rings (SSSR count). The van der Waals surface area contributed by atoms with Gasteiger partial charge in [-0.2, -0.15) is 0 Å². The summed E-state index contributed by atoms with van der Waals surface area (Å²) in [5.41, 5.74) is 4.39. The number of nitrogens with zero attached hydrogens (tertiary/aromatic N) is 1. The number of hydrogen-bond donors (Lipinski definition) is 0. The number of rotatable bonds is 5. The van der Waals surface area contributed by atoms with E-state index in [1.54, 1.807) is 0 Å². The van der Waals surface area contributed by atoms with Crippen LogP contribution < -0.4 is 0 Å². The van der Waals surface area contributed by atoms with Crippen molar-refractivity contribution >= 4 is 10.8 Å². The van der Waals surface area contributed by atoms with E-state index in [2.05, 4.69) is 113 Å². The number of benzene rings is 3. The van der Waals surface area contributed by atoms with Crippen LogP contribution in [0.2, 0.25) is 0 Å². The average molecular weight is 360 g/mol. The largest absolute Gasteiger partial charge is 0.295 e. The van der Waals surface area contributed by atoms with Crippen molar-refractivity contribution in [1.29, 1.82) is 0 Å². The van der Waals surface area contributed by atoms with Crippen LogP contribution in [0, 0.1) is 5.92 Å². The molecule has 0 N–H and O–H groups in total. The van der Waals surface area contributed by atoms with Crippen LogP contribution in [-0.2, 0) is 12.0 Å². The molecular weight excluding hydrogens is 326 g/mol. The lowest BCUT2D eigenvalue weighted by atomic mass is 9.86. The summed E-state index contributed by atoms with van der Waals surface area (Å²) in [5.74, 6) is 0.537. The fourth-order valence-corrected chi connectivity index (χ4v) is 4.11. The van der Waals surface area contributed by atoms with Gasteiger partial charge < -0.3 is 0 Å². The molecule has 0 spiro atoms. The minimum atomic E-state index is 0.202. The van der Waals surface area contributed by atoms with Crippen molar-refractivity contribution in [2.75, 3.05) is 7.05 Å². The van der Waals surface area contributed by atoms with Crippen LogP contribution in [0.4, 0.5) is 0 Å². The topological polar surface area (TPSA) is 3.24 Å². The molecule has 1 unspecified atom stereocenters. The van der Waals surface area contributed by atoms with Gasteiger partial charge in [-0.25, -0.2) is 0 Å². The Balaban J connectivity index is 1.89. The molecular formula is C26H33N. The first-order valence-corrected chi connectivity index (χ1v) is 10.0. The second-order valence-electron chi connectivity index (χ2n) is 9.12. The molecule has 1 heteroatoms. The predicted octanol–water partition coefficient (Wildman–Crippen LogP) is 6.97. The standard InChI is InChI=1S/C26H33N/c1-19(2)25(24-13-9-11-21-10-7-8-12-23(21)24)27(6)18-20-14-16-22(17-15-20)26(3,4)5/h7-17,19,25H,18H2,1-6H3. The van der Waals surface area contributed by atoms with Gasteiger partial charge in [-0.15, -0.1) is 0 Å². The quantitative estimate of drug-likeness (QED) is 0.475. The first-order chi connectivity index (χ1) is 12.8. The molecule has 0 radical (unpaired) electrons. The molecule has 0 aromatic heterocycles. The summed E-state index contributed by atoms with van der Waals surface area (Å²) in [6.45, 7) is 12.4. The number of fused-ring (bicyclic) bond motifs is 1. The van der Waals surface area contributed by atoms with Crippen LogP contribution >= 0.6 is 0 Å². The second kappa shape index (κ2) is 7.86. The van der Waals surface area contributed by atoms with Gasteiger partial charge in [-0.05, 0) is 45.8 Å². The van der Waals surface area contributed by atoms with Crippen molar-refractivity contribution in [3.8, 4) is 0 Å². The van der Waals surface area contributed by atoms with Crippen molar-refractivity contribution in [2.45, 2.75) is 52.6 Å². The second-order valence-corrected chi connectivity index (χ2v) is 9.12.